The zero-order valence-corrected chi connectivity index (χ0v) is 45.2. The summed E-state index contributed by atoms with van der Waals surface area (Å²) in [7, 11) is 0. The molecule has 0 saturated carbocycles. The van der Waals surface area contributed by atoms with Gasteiger partial charge in [-0.25, -0.2) is 9.97 Å². The van der Waals surface area contributed by atoms with E-state index in [1.807, 2.05) is 47.8 Å². The van der Waals surface area contributed by atoms with Crippen molar-refractivity contribution in [1.29, 1.82) is 5.41 Å². The number of rotatable bonds is 6. The number of nitrogens with zero attached hydrogens (tertiary/aromatic N) is 4. The van der Waals surface area contributed by atoms with Gasteiger partial charge in [0.1, 0.15) is 11.2 Å². The molecule has 0 bridgehead atoms. The van der Waals surface area contributed by atoms with Crippen molar-refractivity contribution < 1.29 is 4.42 Å². The number of fused-ring (bicyclic) bond motifs is 23. The number of aromatic nitrogens is 4. The second-order valence-electron chi connectivity index (χ2n) is 21.6. The average Bonchev–Trinajstić information content (AvgIpc) is 1.97. The zero-order chi connectivity index (χ0) is 54.4. The number of benzene rings is 12. The molecule has 0 radical (unpaired) electrons. The van der Waals surface area contributed by atoms with Crippen LogP contribution in [-0.2, 0) is 0 Å². The Morgan fingerprint density at radius 1 is 0.458 bits per heavy atom. The molecule has 0 amide bonds. The van der Waals surface area contributed by atoms with Crippen LogP contribution >= 0.6 is 11.3 Å². The lowest BCUT2D eigenvalue weighted by Crippen LogP contribution is -2.17. The predicted molar refractivity (Wildman–Crippen MR) is 349 cm³/mol. The maximum Gasteiger partial charge on any atom is 0.235 e. The molecule has 1 aliphatic carbocycles. The van der Waals surface area contributed by atoms with Crippen molar-refractivity contribution in [1.82, 2.24) is 19.2 Å². The van der Waals surface area contributed by atoms with E-state index in [4.69, 9.17) is 14.4 Å². The Balaban J connectivity index is 0.916. The van der Waals surface area contributed by atoms with Crippen molar-refractivity contribution in [2.75, 3.05) is 5.43 Å². The number of hydrogen-bond acceptors (Lipinski definition) is 6. The third kappa shape index (κ3) is 6.63. The highest BCUT2D eigenvalue weighted by Gasteiger charge is 2.27. The SMILES string of the molecule is N=C1C=CC=C/C1=C(/Nn1c2cc(-c3ccc4sc5c(c4c3)c3ccccc3c3c4ccccc4n(-c4nc(-c6ccccc6)c6ccc7ccccc7c6n4)c53)ccc2c2c3c4ccccc4oc3c3ccccc3c21)c1ccccc1. The van der Waals surface area contributed by atoms with Crippen LogP contribution < -0.4 is 5.43 Å². The predicted octanol–water partition coefficient (Wildman–Crippen LogP) is 20.0. The van der Waals surface area contributed by atoms with E-state index in [0.717, 1.165) is 132 Å². The first-order chi connectivity index (χ1) is 41.1. The number of nitrogens with one attached hydrogen (secondary N) is 2. The van der Waals surface area contributed by atoms with Crippen molar-refractivity contribution in [3.8, 4) is 28.3 Å². The molecule has 0 aliphatic heterocycles. The highest BCUT2D eigenvalue weighted by molar-refractivity contribution is 7.27. The van der Waals surface area contributed by atoms with Crippen molar-refractivity contribution in [3.05, 3.63) is 266 Å². The molecule has 386 valence electrons. The van der Waals surface area contributed by atoms with Gasteiger partial charge in [0.2, 0.25) is 5.95 Å². The topological polar surface area (TPSA) is 84.7 Å². The summed E-state index contributed by atoms with van der Waals surface area (Å²) in [5, 5.41) is 26.1. The molecule has 18 rings (SSSR count). The summed E-state index contributed by atoms with van der Waals surface area (Å²) < 4.78 is 13.8. The minimum atomic E-state index is 0.435. The zero-order valence-electron chi connectivity index (χ0n) is 44.4. The first kappa shape index (κ1) is 45.9. The molecule has 17 aromatic rings. The second-order valence-corrected chi connectivity index (χ2v) is 22.6. The average molecular weight is 1080 g/mol. The first-order valence-electron chi connectivity index (χ1n) is 28.0. The Kier molecular flexibility index (Phi) is 9.69. The van der Waals surface area contributed by atoms with Gasteiger partial charge in [-0.15, -0.1) is 11.3 Å². The van der Waals surface area contributed by atoms with E-state index in [-0.39, 0.29) is 0 Å². The Bertz CT molecular complexity index is 5800. The summed E-state index contributed by atoms with van der Waals surface area (Å²) in [4.78, 5) is 11.2. The van der Waals surface area contributed by atoms with Crippen LogP contribution in [0.2, 0.25) is 0 Å². The quantitative estimate of drug-likeness (QED) is 0.163. The maximum absolute atomic E-state index is 9.26. The Morgan fingerprint density at radius 3 is 1.94 bits per heavy atom. The lowest BCUT2D eigenvalue weighted by Gasteiger charge is -2.20. The van der Waals surface area contributed by atoms with Crippen LogP contribution in [0.15, 0.2) is 265 Å². The lowest BCUT2D eigenvalue weighted by molar-refractivity contribution is 0.673. The fourth-order valence-electron chi connectivity index (χ4n) is 13.5. The molecule has 12 aromatic carbocycles. The summed E-state index contributed by atoms with van der Waals surface area (Å²) in [6.45, 7) is 0. The summed E-state index contributed by atoms with van der Waals surface area (Å²) >= 11 is 1.84. The van der Waals surface area contributed by atoms with Gasteiger partial charge in [-0.2, -0.15) is 0 Å². The summed E-state index contributed by atoms with van der Waals surface area (Å²) in [6, 6.07) is 82.4. The number of hydrogen-bond donors (Lipinski definition) is 2. The monoisotopic (exact) mass is 1080 g/mol. The van der Waals surface area contributed by atoms with Gasteiger partial charge in [-0.1, -0.05) is 212 Å². The van der Waals surface area contributed by atoms with Crippen molar-refractivity contribution in [2.45, 2.75) is 0 Å². The number of allylic oxidation sites excluding steroid dienone is 5. The molecule has 2 N–H and O–H groups in total. The maximum atomic E-state index is 9.26. The standard InChI is InChI=1S/C75H44N6OS/c76-59-32-16-13-29-53(59)69(45-22-5-2-6-23-45)79-81-61-42-47(36-38-55(61)66-67-56-31-15-18-34-62(56)82-73(67)52-28-12-11-27-51(52)71(66)81)46-37-40-63-58(41-46)65-50-26-10-9-25-49(50)64-54-30-14-17-33-60(54)80(72(64)74(65)83-63)75-77-68(44-20-3-1-4-21-44)57-39-35-43-19-7-8-24-48(43)70(57)78-75/h1-42,76,79H/b69-53-,76-59?. The molecule has 83 heavy (non-hydrogen) atoms. The van der Waals surface area contributed by atoms with Crippen LogP contribution in [0.3, 0.4) is 0 Å². The van der Waals surface area contributed by atoms with Crippen molar-refractivity contribution in [3.63, 3.8) is 0 Å². The van der Waals surface area contributed by atoms with Gasteiger partial charge in [0.25, 0.3) is 0 Å². The van der Waals surface area contributed by atoms with Crippen LogP contribution in [0, 0.1) is 5.41 Å². The molecule has 0 unspecified atom stereocenters. The molecule has 8 heteroatoms. The smallest absolute Gasteiger partial charge is 0.235 e. The largest absolute Gasteiger partial charge is 0.455 e. The van der Waals surface area contributed by atoms with Gasteiger partial charge in [0, 0.05) is 86.0 Å². The number of furan rings is 1. The minimum absolute atomic E-state index is 0.435. The molecular weight excluding hydrogens is 1030 g/mol. The van der Waals surface area contributed by atoms with Gasteiger partial charge in [-0.05, 0) is 69.8 Å². The van der Waals surface area contributed by atoms with E-state index in [9.17, 15) is 5.41 Å². The fourth-order valence-corrected chi connectivity index (χ4v) is 14.7. The molecule has 7 nitrogen and oxygen atoms in total. The molecular formula is C75H44N6OS. The molecule has 0 atom stereocenters. The second kappa shape index (κ2) is 17.5. The molecule has 0 saturated heterocycles. The fraction of sp³-hybridized carbons (Fsp3) is 0. The van der Waals surface area contributed by atoms with Crippen LogP contribution in [0.4, 0.5) is 0 Å². The third-order valence-electron chi connectivity index (χ3n) is 17.1. The van der Waals surface area contributed by atoms with Crippen LogP contribution in [0.1, 0.15) is 5.56 Å². The van der Waals surface area contributed by atoms with Crippen LogP contribution in [0.25, 0.3) is 163 Å². The summed E-state index contributed by atoms with van der Waals surface area (Å²) in [6.07, 6.45) is 7.83. The molecule has 0 fully saturated rings. The van der Waals surface area contributed by atoms with E-state index in [1.54, 1.807) is 0 Å². The van der Waals surface area contributed by atoms with Crippen molar-refractivity contribution in [2.24, 2.45) is 0 Å². The molecule has 5 heterocycles. The number of para-hydroxylation sites is 2. The van der Waals surface area contributed by atoms with E-state index < -0.39 is 0 Å². The van der Waals surface area contributed by atoms with Gasteiger partial charge < -0.3 is 9.83 Å². The van der Waals surface area contributed by atoms with E-state index >= 15 is 0 Å². The molecule has 0 spiro atoms. The van der Waals surface area contributed by atoms with Gasteiger partial charge >= 0.3 is 0 Å². The normalized spacial score (nSPS) is 13.6. The Labute approximate surface area is 477 Å². The minimum Gasteiger partial charge on any atom is -0.455 e. The van der Waals surface area contributed by atoms with Crippen LogP contribution in [-0.4, -0.2) is 24.9 Å². The van der Waals surface area contributed by atoms with Gasteiger partial charge in [0.05, 0.1) is 49.4 Å². The van der Waals surface area contributed by atoms with E-state index in [2.05, 4.69) is 233 Å². The number of thiophene rings is 1. The summed E-state index contributed by atoms with van der Waals surface area (Å²) in [5.74, 6) is 0.637. The Hall–Kier alpha value is -10.9. The van der Waals surface area contributed by atoms with E-state index in [0.29, 0.717) is 11.7 Å². The van der Waals surface area contributed by atoms with Crippen molar-refractivity contribution >= 4 is 152 Å². The van der Waals surface area contributed by atoms with Gasteiger partial charge in [0.15, 0.2) is 0 Å². The van der Waals surface area contributed by atoms with E-state index in [1.165, 1.54) is 36.3 Å². The highest BCUT2D eigenvalue weighted by Crippen LogP contribution is 2.50. The lowest BCUT2D eigenvalue weighted by atomic mass is 9.96. The highest BCUT2D eigenvalue weighted by atomic mass is 32.1. The van der Waals surface area contributed by atoms with Gasteiger partial charge in [-0.3, -0.25) is 14.7 Å². The molecule has 1 aliphatic rings. The Morgan fingerprint density at radius 2 is 1.11 bits per heavy atom. The van der Waals surface area contributed by atoms with Crippen LogP contribution in [0.5, 0.6) is 0 Å². The summed E-state index contributed by atoms with van der Waals surface area (Å²) in [5.41, 5.74) is 18.0. The third-order valence-corrected chi connectivity index (χ3v) is 18.3. The molecule has 5 aromatic heterocycles. The first-order valence-corrected chi connectivity index (χ1v) is 28.8.